The van der Waals surface area contributed by atoms with E-state index in [2.05, 4.69) is 18.9 Å². The molecule has 18 heavy (non-hydrogen) atoms. The molecule has 0 radical (unpaired) electrons. The molecule has 0 amide bonds. The Hall–Kier alpha value is -0.150. The Bertz CT molecular complexity index is 291. The fraction of sp³-hybridized carbons (Fsp3) is 0.933. The molecule has 0 aromatic carbocycles. The van der Waals surface area contributed by atoms with Crippen LogP contribution < -0.4 is 5.73 Å². The number of nitrogens with two attached hydrogens (primary N) is 1. The molecule has 0 unspecified atom stereocenters. The van der Waals surface area contributed by atoms with E-state index in [9.17, 15) is 0 Å². The smallest absolute Gasteiger partial charge is 0.0733 e. The van der Waals surface area contributed by atoms with Crippen LogP contribution in [0.3, 0.4) is 0 Å². The zero-order valence-electron chi connectivity index (χ0n) is 12.0. The summed E-state index contributed by atoms with van der Waals surface area (Å²) < 4.78 is 0. The minimum absolute atomic E-state index is 0.447. The van der Waals surface area contributed by atoms with Crippen LogP contribution in [0, 0.1) is 11.3 Å². The molecule has 2 nitrogen and oxygen atoms in total. The molecule has 2 aliphatic carbocycles. The van der Waals surface area contributed by atoms with Crippen molar-refractivity contribution >= 4 is 17.2 Å². The van der Waals surface area contributed by atoms with Crippen molar-refractivity contribution < 1.29 is 0 Å². The third kappa shape index (κ3) is 3.67. The average Bonchev–Trinajstić information content (AvgIpc) is 3.07. The minimum Gasteiger partial charge on any atom is -0.393 e. The highest BCUT2D eigenvalue weighted by Gasteiger charge is 2.44. The van der Waals surface area contributed by atoms with Gasteiger partial charge in [0.15, 0.2) is 0 Å². The Morgan fingerprint density at radius 1 is 1.28 bits per heavy atom. The maximum atomic E-state index is 5.72. The van der Waals surface area contributed by atoms with Crippen molar-refractivity contribution in [3.8, 4) is 0 Å². The Balaban J connectivity index is 1.78. The van der Waals surface area contributed by atoms with Crippen LogP contribution in [-0.2, 0) is 0 Å². The van der Waals surface area contributed by atoms with Crippen LogP contribution in [0.2, 0.25) is 0 Å². The number of hydrogen-bond donors (Lipinski definition) is 1. The van der Waals surface area contributed by atoms with Gasteiger partial charge in [0, 0.05) is 19.0 Å². The summed E-state index contributed by atoms with van der Waals surface area (Å²) in [6.45, 7) is 3.53. The summed E-state index contributed by atoms with van der Waals surface area (Å²) in [4.78, 5) is 3.30. The van der Waals surface area contributed by atoms with Crippen molar-refractivity contribution in [3.05, 3.63) is 0 Å². The summed E-state index contributed by atoms with van der Waals surface area (Å²) in [5, 5.41) is 0. The van der Waals surface area contributed by atoms with Gasteiger partial charge >= 0.3 is 0 Å². The molecule has 2 saturated carbocycles. The largest absolute Gasteiger partial charge is 0.393 e. The Labute approximate surface area is 117 Å². The molecule has 2 aliphatic rings. The molecule has 0 saturated heterocycles. The lowest BCUT2D eigenvalue weighted by molar-refractivity contribution is 0.140. The number of rotatable bonds is 6. The molecule has 2 N–H and O–H groups in total. The highest BCUT2D eigenvalue weighted by atomic mass is 32.1. The molecule has 0 heterocycles. The number of hydrogen-bond acceptors (Lipinski definition) is 2. The number of nitrogens with zero attached hydrogens (tertiary/aromatic N) is 1. The molecule has 0 aliphatic heterocycles. The van der Waals surface area contributed by atoms with Gasteiger partial charge in [-0.05, 0) is 56.9 Å². The van der Waals surface area contributed by atoms with E-state index < -0.39 is 0 Å². The molecule has 104 valence electrons. The zero-order valence-corrected chi connectivity index (χ0v) is 12.8. The van der Waals surface area contributed by atoms with E-state index in [1.807, 2.05) is 0 Å². The van der Waals surface area contributed by atoms with Crippen molar-refractivity contribution in [2.75, 3.05) is 13.6 Å². The first-order valence-electron chi connectivity index (χ1n) is 7.53. The van der Waals surface area contributed by atoms with E-state index in [4.69, 9.17) is 18.0 Å². The lowest BCUT2D eigenvalue weighted by Crippen LogP contribution is -2.39. The SMILES string of the molecule is CCC1CCC(N(C)CC2(CC(N)=S)CC2)CC1. The summed E-state index contributed by atoms with van der Waals surface area (Å²) in [7, 11) is 2.30. The third-order valence-electron chi connectivity index (χ3n) is 5.11. The zero-order chi connectivity index (χ0) is 13.2. The maximum Gasteiger partial charge on any atom is 0.0733 e. The van der Waals surface area contributed by atoms with Gasteiger partial charge in [-0.15, -0.1) is 0 Å². The topological polar surface area (TPSA) is 29.3 Å². The van der Waals surface area contributed by atoms with E-state index in [1.54, 1.807) is 0 Å². The summed E-state index contributed by atoms with van der Waals surface area (Å²) >= 11 is 5.08. The van der Waals surface area contributed by atoms with Crippen molar-refractivity contribution in [1.29, 1.82) is 0 Å². The lowest BCUT2D eigenvalue weighted by Gasteiger charge is -2.36. The molecular weight excluding hydrogens is 240 g/mol. The van der Waals surface area contributed by atoms with Gasteiger partial charge in [0.05, 0.1) is 4.99 Å². The minimum atomic E-state index is 0.447. The standard InChI is InChI=1S/C15H28N2S/c1-3-12-4-6-13(7-5-12)17(2)11-15(8-9-15)10-14(16)18/h12-13H,3-11H2,1-2H3,(H2,16,18). The van der Waals surface area contributed by atoms with Gasteiger partial charge in [0.25, 0.3) is 0 Å². The molecule has 2 rings (SSSR count). The molecular formula is C15H28N2S. The maximum absolute atomic E-state index is 5.72. The summed E-state index contributed by atoms with van der Waals surface area (Å²) in [6.07, 6.45) is 10.6. The first-order valence-corrected chi connectivity index (χ1v) is 7.94. The van der Waals surface area contributed by atoms with Crippen molar-refractivity contribution in [1.82, 2.24) is 4.90 Å². The van der Waals surface area contributed by atoms with Gasteiger partial charge in [-0.25, -0.2) is 0 Å². The van der Waals surface area contributed by atoms with Gasteiger partial charge in [-0.3, -0.25) is 0 Å². The Kier molecular flexibility index (Phi) is 4.65. The molecule has 0 spiro atoms. The highest BCUT2D eigenvalue weighted by molar-refractivity contribution is 7.80. The van der Waals surface area contributed by atoms with Crippen molar-refractivity contribution in [2.45, 2.75) is 64.3 Å². The van der Waals surface area contributed by atoms with Gasteiger partial charge in [-0.1, -0.05) is 25.6 Å². The van der Waals surface area contributed by atoms with Crippen LogP contribution in [0.15, 0.2) is 0 Å². The number of thiocarbonyl (C=S) groups is 1. The molecule has 2 fully saturated rings. The molecule has 3 heteroatoms. The highest BCUT2D eigenvalue weighted by Crippen LogP contribution is 2.49. The van der Waals surface area contributed by atoms with Crippen LogP contribution in [0.5, 0.6) is 0 Å². The van der Waals surface area contributed by atoms with Crippen molar-refractivity contribution in [2.24, 2.45) is 17.1 Å². The van der Waals surface area contributed by atoms with E-state index >= 15 is 0 Å². The molecule has 0 aromatic rings. The van der Waals surface area contributed by atoms with E-state index in [-0.39, 0.29) is 0 Å². The molecule has 0 atom stereocenters. The summed E-state index contributed by atoms with van der Waals surface area (Å²) in [5.74, 6) is 0.987. The van der Waals surface area contributed by atoms with Gasteiger partial charge in [0.2, 0.25) is 0 Å². The first kappa shape index (κ1) is 14.3. The van der Waals surface area contributed by atoms with Crippen LogP contribution in [-0.4, -0.2) is 29.5 Å². The lowest BCUT2D eigenvalue weighted by atomic mass is 9.83. The van der Waals surface area contributed by atoms with Gasteiger partial charge < -0.3 is 10.6 Å². The van der Waals surface area contributed by atoms with Crippen LogP contribution in [0.25, 0.3) is 0 Å². The normalized spacial score (nSPS) is 30.4. The third-order valence-corrected chi connectivity index (χ3v) is 5.25. The van der Waals surface area contributed by atoms with Crippen LogP contribution in [0.1, 0.15) is 58.3 Å². The quantitative estimate of drug-likeness (QED) is 0.749. The molecule has 0 aromatic heterocycles. The van der Waals surface area contributed by atoms with Gasteiger partial charge in [-0.2, -0.15) is 0 Å². The average molecular weight is 268 g/mol. The molecule has 0 bridgehead atoms. The fourth-order valence-electron chi connectivity index (χ4n) is 3.59. The van der Waals surface area contributed by atoms with E-state index in [0.29, 0.717) is 10.4 Å². The predicted molar refractivity (Wildman–Crippen MR) is 81.7 cm³/mol. The fourth-order valence-corrected chi connectivity index (χ4v) is 3.90. The van der Waals surface area contributed by atoms with Crippen LogP contribution in [0.4, 0.5) is 0 Å². The predicted octanol–water partition coefficient (Wildman–Crippen LogP) is 3.34. The summed E-state index contributed by atoms with van der Waals surface area (Å²) in [6, 6.07) is 0.802. The first-order chi connectivity index (χ1) is 8.54. The second kappa shape index (κ2) is 5.87. The van der Waals surface area contributed by atoms with Crippen molar-refractivity contribution in [3.63, 3.8) is 0 Å². The van der Waals surface area contributed by atoms with E-state index in [0.717, 1.165) is 18.4 Å². The second-order valence-corrected chi connectivity index (χ2v) is 7.17. The van der Waals surface area contributed by atoms with Gasteiger partial charge in [0.1, 0.15) is 0 Å². The van der Waals surface area contributed by atoms with E-state index in [1.165, 1.54) is 51.5 Å². The Morgan fingerprint density at radius 2 is 1.89 bits per heavy atom. The summed E-state index contributed by atoms with van der Waals surface area (Å²) in [5.41, 5.74) is 6.17. The van der Waals surface area contributed by atoms with Crippen LogP contribution >= 0.6 is 12.2 Å². The monoisotopic (exact) mass is 268 g/mol. The Morgan fingerprint density at radius 3 is 2.33 bits per heavy atom. The second-order valence-electron chi connectivity index (χ2n) is 6.64.